The Balaban J connectivity index is 1.48. The van der Waals surface area contributed by atoms with Crippen molar-refractivity contribution in [2.24, 2.45) is 0 Å². The van der Waals surface area contributed by atoms with Crippen molar-refractivity contribution < 1.29 is 32.3 Å². The van der Waals surface area contributed by atoms with E-state index in [2.05, 4.69) is 16.0 Å². The van der Waals surface area contributed by atoms with Crippen LogP contribution in [-0.2, 0) is 20.5 Å². The molecule has 2 fully saturated rings. The van der Waals surface area contributed by atoms with E-state index >= 15 is 0 Å². The van der Waals surface area contributed by atoms with Gasteiger partial charge in [0.25, 0.3) is 11.8 Å². The molecule has 188 valence electrons. The highest BCUT2D eigenvalue weighted by Gasteiger charge is 2.37. The highest BCUT2D eigenvalue weighted by atomic mass is 35.5. The molecular formula is C22H22ClF3N4O4S. The van der Waals surface area contributed by atoms with Crippen molar-refractivity contribution in [3.63, 3.8) is 0 Å². The second-order valence-corrected chi connectivity index (χ2v) is 9.84. The molecule has 3 amide bonds. The maximum Gasteiger partial charge on any atom is 0.418 e. The van der Waals surface area contributed by atoms with Crippen LogP contribution in [-0.4, -0.2) is 56.1 Å². The van der Waals surface area contributed by atoms with Crippen molar-refractivity contribution >= 4 is 52.0 Å². The van der Waals surface area contributed by atoms with Gasteiger partial charge in [-0.25, -0.2) is 0 Å². The van der Waals surface area contributed by atoms with Crippen LogP contribution in [0.15, 0.2) is 30.3 Å². The number of thiophene rings is 1. The van der Waals surface area contributed by atoms with Crippen LogP contribution in [0.4, 0.5) is 24.5 Å². The average molecular weight is 531 g/mol. The number of halogens is 4. The summed E-state index contributed by atoms with van der Waals surface area (Å²) in [6.07, 6.45) is -3.03. The zero-order chi connectivity index (χ0) is 25.2. The van der Waals surface area contributed by atoms with Gasteiger partial charge in [0.15, 0.2) is 0 Å². The summed E-state index contributed by atoms with van der Waals surface area (Å²) in [5.41, 5.74) is -1.41. The van der Waals surface area contributed by atoms with Crippen molar-refractivity contribution in [3.8, 4) is 0 Å². The number of morpholine rings is 1. The lowest BCUT2D eigenvalue weighted by atomic mass is 10.1. The van der Waals surface area contributed by atoms with Gasteiger partial charge in [-0.2, -0.15) is 13.2 Å². The number of nitrogens with one attached hydrogen (secondary N) is 3. The van der Waals surface area contributed by atoms with E-state index in [1.54, 1.807) is 12.1 Å². The fourth-order valence-electron chi connectivity index (χ4n) is 3.56. The summed E-state index contributed by atoms with van der Waals surface area (Å²) in [5, 5.41) is 8.25. The van der Waals surface area contributed by atoms with Crippen LogP contribution in [0.1, 0.15) is 28.1 Å². The number of benzene rings is 1. The first-order valence-corrected chi connectivity index (χ1v) is 12.0. The summed E-state index contributed by atoms with van der Waals surface area (Å²) in [7, 11) is 0. The molecule has 1 saturated carbocycles. The van der Waals surface area contributed by atoms with Crippen LogP contribution in [0.5, 0.6) is 0 Å². The zero-order valence-electron chi connectivity index (χ0n) is 18.3. The second-order valence-electron chi connectivity index (χ2n) is 8.12. The molecule has 1 saturated heterocycles. The number of amides is 3. The molecule has 8 nitrogen and oxygen atoms in total. The molecule has 2 aromatic rings. The maximum absolute atomic E-state index is 13.8. The summed E-state index contributed by atoms with van der Waals surface area (Å²) in [4.78, 5) is 38.7. The molecule has 13 heteroatoms. The van der Waals surface area contributed by atoms with E-state index in [0.717, 1.165) is 41.2 Å². The first-order valence-electron chi connectivity index (χ1n) is 10.8. The number of anilines is 2. The molecule has 1 atom stereocenters. The number of hydrogen-bond donors (Lipinski definition) is 3. The van der Waals surface area contributed by atoms with Crippen molar-refractivity contribution in [2.45, 2.75) is 31.1 Å². The quantitative estimate of drug-likeness (QED) is 0.486. The van der Waals surface area contributed by atoms with Crippen LogP contribution in [0, 0.1) is 0 Å². The molecule has 3 N–H and O–H groups in total. The number of rotatable bonds is 8. The largest absolute Gasteiger partial charge is 0.418 e. The Bertz CT molecular complexity index is 1120. The number of alkyl halides is 3. The van der Waals surface area contributed by atoms with Gasteiger partial charge in [-0.3, -0.25) is 14.4 Å². The van der Waals surface area contributed by atoms with E-state index in [9.17, 15) is 27.6 Å². The van der Waals surface area contributed by atoms with Gasteiger partial charge in [-0.1, -0.05) is 11.6 Å². The summed E-state index contributed by atoms with van der Waals surface area (Å²) in [5.74, 6) is -1.57. The third kappa shape index (κ3) is 6.51. The summed E-state index contributed by atoms with van der Waals surface area (Å²) < 4.78 is 46.9. The monoisotopic (exact) mass is 530 g/mol. The van der Waals surface area contributed by atoms with Crippen molar-refractivity contribution in [3.05, 3.63) is 45.1 Å². The predicted octanol–water partition coefficient (Wildman–Crippen LogP) is 3.27. The molecule has 1 aliphatic carbocycles. The van der Waals surface area contributed by atoms with E-state index in [0.29, 0.717) is 9.21 Å². The lowest BCUT2D eigenvalue weighted by Crippen LogP contribution is -2.49. The van der Waals surface area contributed by atoms with Crippen LogP contribution < -0.4 is 20.9 Å². The summed E-state index contributed by atoms with van der Waals surface area (Å²) in [6, 6.07) is 5.65. The van der Waals surface area contributed by atoms with E-state index < -0.39 is 35.5 Å². The first-order chi connectivity index (χ1) is 16.6. The first kappa shape index (κ1) is 25.4. The van der Waals surface area contributed by atoms with Gasteiger partial charge < -0.3 is 25.6 Å². The fraction of sp³-hybridized carbons (Fsp3) is 0.409. The Morgan fingerprint density at radius 1 is 1.23 bits per heavy atom. The van der Waals surface area contributed by atoms with Gasteiger partial charge in [0.1, 0.15) is 12.6 Å². The van der Waals surface area contributed by atoms with Gasteiger partial charge in [-0.15, -0.1) is 11.3 Å². The van der Waals surface area contributed by atoms with Crippen molar-refractivity contribution in [1.82, 2.24) is 10.6 Å². The maximum atomic E-state index is 13.8. The zero-order valence-corrected chi connectivity index (χ0v) is 19.9. The van der Waals surface area contributed by atoms with Crippen LogP contribution in [0.3, 0.4) is 0 Å². The number of carbonyl (C=O) groups excluding carboxylic acids is 3. The molecule has 0 spiro atoms. The summed E-state index contributed by atoms with van der Waals surface area (Å²) >= 11 is 6.94. The van der Waals surface area contributed by atoms with E-state index in [1.807, 2.05) is 0 Å². The minimum Gasteiger partial charge on any atom is -0.370 e. The molecular weight excluding hydrogens is 509 g/mol. The van der Waals surface area contributed by atoms with Crippen LogP contribution in [0.2, 0.25) is 4.34 Å². The van der Waals surface area contributed by atoms with Crippen molar-refractivity contribution in [1.29, 1.82) is 0 Å². The molecule has 0 bridgehead atoms. The number of carbonyl (C=O) groups is 3. The topological polar surface area (TPSA) is 99.8 Å². The third-order valence-electron chi connectivity index (χ3n) is 5.44. The van der Waals surface area contributed by atoms with Gasteiger partial charge in [0, 0.05) is 24.8 Å². The van der Waals surface area contributed by atoms with Gasteiger partial charge >= 0.3 is 6.18 Å². The highest BCUT2D eigenvalue weighted by Crippen LogP contribution is 2.38. The molecule has 2 heterocycles. The third-order valence-corrected chi connectivity index (χ3v) is 6.67. The van der Waals surface area contributed by atoms with E-state index in [-0.39, 0.29) is 43.7 Å². The Hall–Kier alpha value is -2.67. The number of ether oxygens (including phenoxy) is 1. The average Bonchev–Trinajstić information content (AvgIpc) is 3.53. The molecule has 1 aromatic carbocycles. The highest BCUT2D eigenvalue weighted by molar-refractivity contribution is 7.18. The number of hydrogen-bond acceptors (Lipinski definition) is 6. The Labute approximate surface area is 207 Å². The minimum atomic E-state index is -4.75. The van der Waals surface area contributed by atoms with Gasteiger partial charge in [0.2, 0.25) is 5.91 Å². The SMILES string of the molecule is O=C(NC[C@@H](NC1CC1)C(=O)Nc1ccc(N2CCOCC2=O)c(C(F)(F)F)c1)c1ccc(Cl)s1. The lowest BCUT2D eigenvalue weighted by molar-refractivity contribution is -0.137. The lowest BCUT2D eigenvalue weighted by Gasteiger charge is -2.29. The van der Waals surface area contributed by atoms with Gasteiger partial charge in [-0.05, 0) is 43.2 Å². The number of nitrogens with zero attached hydrogens (tertiary/aromatic N) is 1. The Kier molecular flexibility index (Phi) is 7.64. The molecule has 1 aromatic heterocycles. The summed E-state index contributed by atoms with van der Waals surface area (Å²) in [6.45, 7) is -0.244. The standard InChI is InChI=1S/C22H22ClF3N4O4S/c23-18-6-5-17(35-18)21(33)27-10-15(28-12-1-2-12)20(32)29-13-3-4-16(14(9-13)22(24,25)26)30-7-8-34-11-19(30)31/h3-6,9,12,15,28H,1-2,7-8,10-11H2,(H,27,33)(H,29,32)/t15-/m1/s1. The molecule has 0 radical (unpaired) electrons. The minimum absolute atomic E-state index is 0.00382. The Morgan fingerprint density at radius 2 is 2.00 bits per heavy atom. The normalized spacial score (nSPS) is 17.3. The smallest absolute Gasteiger partial charge is 0.370 e. The van der Waals surface area contributed by atoms with E-state index in [1.165, 1.54) is 6.07 Å². The molecule has 4 rings (SSSR count). The molecule has 1 aliphatic heterocycles. The second kappa shape index (κ2) is 10.5. The fourth-order valence-corrected chi connectivity index (χ4v) is 4.52. The van der Waals surface area contributed by atoms with Crippen molar-refractivity contribution in [2.75, 3.05) is 36.5 Å². The van der Waals surface area contributed by atoms with Gasteiger partial charge in [0.05, 0.1) is 27.1 Å². The van der Waals surface area contributed by atoms with E-state index in [4.69, 9.17) is 16.3 Å². The van der Waals surface area contributed by atoms with Crippen LogP contribution in [0.25, 0.3) is 0 Å². The molecule has 2 aliphatic rings. The van der Waals surface area contributed by atoms with Crippen LogP contribution >= 0.6 is 22.9 Å². The predicted molar refractivity (Wildman–Crippen MR) is 125 cm³/mol. The molecule has 35 heavy (non-hydrogen) atoms. The Morgan fingerprint density at radius 3 is 2.63 bits per heavy atom. The molecule has 0 unspecified atom stereocenters.